The van der Waals surface area contributed by atoms with Gasteiger partial charge in [0.25, 0.3) is 0 Å². The summed E-state index contributed by atoms with van der Waals surface area (Å²) in [6.45, 7) is 0.602. The molecule has 1 aromatic carbocycles. The van der Waals surface area contributed by atoms with E-state index in [1.807, 2.05) is 30.3 Å². The Morgan fingerprint density at radius 1 is 1.16 bits per heavy atom. The molecule has 3 heteroatoms. The molecule has 100 valence electrons. The third-order valence-corrected chi connectivity index (χ3v) is 3.66. The van der Waals surface area contributed by atoms with Crippen LogP contribution in [0.5, 0.6) is 0 Å². The first-order valence-corrected chi connectivity index (χ1v) is 6.84. The Hall–Kier alpha value is -1.58. The molecule has 2 atom stereocenters. The van der Waals surface area contributed by atoms with Crippen molar-refractivity contribution in [1.82, 2.24) is 5.32 Å². The summed E-state index contributed by atoms with van der Waals surface area (Å²) in [5, 5.41) is 13.4. The summed E-state index contributed by atoms with van der Waals surface area (Å²) >= 11 is 0. The first kappa shape index (κ1) is 12.5. The van der Waals surface area contributed by atoms with Crippen molar-refractivity contribution >= 4 is 0 Å². The van der Waals surface area contributed by atoms with E-state index in [0.717, 1.165) is 24.2 Å². The molecule has 0 aliphatic heterocycles. The fraction of sp³-hybridized carbons (Fsp3) is 0.375. The molecule has 0 radical (unpaired) electrons. The molecule has 1 aliphatic rings. The van der Waals surface area contributed by atoms with Gasteiger partial charge in [-0.25, -0.2) is 0 Å². The van der Waals surface area contributed by atoms with Crippen LogP contribution < -0.4 is 5.32 Å². The maximum Gasteiger partial charge on any atom is 0.125 e. The predicted octanol–water partition coefficient (Wildman–Crippen LogP) is 2.73. The van der Waals surface area contributed by atoms with Gasteiger partial charge in [0.15, 0.2) is 0 Å². The van der Waals surface area contributed by atoms with Crippen LogP contribution in [0.2, 0.25) is 0 Å². The molecule has 1 aliphatic carbocycles. The maximum absolute atomic E-state index is 9.99. The van der Waals surface area contributed by atoms with Gasteiger partial charge in [-0.15, -0.1) is 0 Å². The minimum Gasteiger partial charge on any atom is -0.467 e. The third kappa shape index (κ3) is 3.06. The minimum atomic E-state index is -0.249. The molecular formula is C16H19NO2. The average Bonchev–Trinajstić information content (AvgIpc) is 3.17. The van der Waals surface area contributed by atoms with Gasteiger partial charge in [-0.05, 0) is 36.5 Å². The third-order valence-electron chi connectivity index (χ3n) is 3.66. The number of aliphatic hydroxyl groups excluding tert-OH is 1. The Morgan fingerprint density at radius 2 is 1.95 bits per heavy atom. The highest BCUT2D eigenvalue weighted by Crippen LogP contribution is 2.32. The van der Waals surface area contributed by atoms with Gasteiger partial charge in [0, 0.05) is 6.54 Å². The molecular weight excluding hydrogens is 238 g/mol. The van der Waals surface area contributed by atoms with Crippen molar-refractivity contribution in [3.8, 4) is 0 Å². The van der Waals surface area contributed by atoms with Gasteiger partial charge in [-0.3, -0.25) is 0 Å². The van der Waals surface area contributed by atoms with Gasteiger partial charge in [0.1, 0.15) is 5.76 Å². The van der Waals surface area contributed by atoms with Crippen LogP contribution in [0.3, 0.4) is 0 Å². The molecule has 0 amide bonds. The molecule has 0 saturated heterocycles. The van der Waals surface area contributed by atoms with Crippen LogP contribution in [-0.4, -0.2) is 17.8 Å². The van der Waals surface area contributed by atoms with Crippen LogP contribution in [0, 0.1) is 5.92 Å². The van der Waals surface area contributed by atoms with Crippen molar-refractivity contribution in [3.63, 3.8) is 0 Å². The molecule has 19 heavy (non-hydrogen) atoms. The van der Waals surface area contributed by atoms with Crippen LogP contribution in [0.1, 0.15) is 30.2 Å². The number of aliphatic hydroxyl groups is 1. The lowest BCUT2D eigenvalue weighted by Crippen LogP contribution is -2.32. The SMILES string of the molecule is OC(CNC(c1ccccc1)c1ccco1)C1CC1. The fourth-order valence-corrected chi connectivity index (χ4v) is 2.37. The normalized spacial score (nSPS) is 18.2. The Bertz CT molecular complexity index is 491. The second-order valence-electron chi connectivity index (χ2n) is 5.17. The van der Waals surface area contributed by atoms with Gasteiger partial charge in [0.05, 0.1) is 18.4 Å². The van der Waals surface area contributed by atoms with Gasteiger partial charge in [-0.2, -0.15) is 0 Å². The molecule has 1 aromatic heterocycles. The predicted molar refractivity (Wildman–Crippen MR) is 73.7 cm³/mol. The first-order chi connectivity index (χ1) is 9.34. The van der Waals surface area contributed by atoms with Crippen LogP contribution in [0.4, 0.5) is 0 Å². The number of benzene rings is 1. The Morgan fingerprint density at radius 3 is 2.58 bits per heavy atom. The number of nitrogens with one attached hydrogen (secondary N) is 1. The van der Waals surface area contributed by atoms with E-state index in [2.05, 4.69) is 17.4 Å². The summed E-state index contributed by atoms with van der Waals surface area (Å²) in [5.74, 6) is 1.37. The second kappa shape index (κ2) is 5.59. The summed E-state index contributed by atoms with van der Waals surface area (Å²) in [6.07, 6.45) is 3.74. The topological polar surface area (TPSA) is 45.4 Å². The van der Waals surface area contributed by atoms with Crippen molar-refractivity contribution in [2.75, 3.05) is 6.54 Å². The van der Waals surface area contributed by atoms with Gasteiger partial charge in [-0.1, -0.05) is 30.3 Å². The summed E-state index contributed by atoms with van der Waals surface area (Å²) in [7, 11) is 0. The lowest BCUT2D eigenvalue weighted by atomic mass is 10.0. The molecule has 0 bridgehead atoms. The number of rotatable bonds is 6. The highest BCUT2D eigenvalue weighted by Gasteiger charge is 2.30. The van der Waals surface area contributed by atoms with E-state index < -0.39 is 0 Å². The minimum absolute atomic E-state index is 0.00426. The van der Waals surface area contributed by atoms with E-state index in [-0.39, 0.29) is 12.1 Å². The van der Waals surface area contributed by atoms with E-state index in [9.17, 15) is 5.11 Å². The van der Waals surface area contributed by atoms with Crippen molar-refractivity contribution < 1.29 is 9.52 Å². The molecule has 3 nitrogen and oxygen atoms in total. The molecule has 1 heterocycles. The molecule has 0 spiro atoms. The number of hydrogen-bond donors (Lipinski definition) is 2. The summed E-state index contributed by atoms with van der Waals surface area (Å²) in [4.78, 5) is 0. The van der Waals surface area contributed by atoms with Gasteiger partial charge < -0.3 is 14.8 Å². The van der Waals surface area contributed by atoms with Crippen molar-refractivity contribution in [3.05, 3.63) is 60.1 Å². The molecule has 2 aromatic rings. The lowest BCUT2D eigenvalue weighted by Gasteiger charge is -2.19. The highest BCUT2D eigenvalue weighted by atomic mass is 16.3. The molecule has 3 rings (SSSR count). The Kier molecular flexibility index (Phi) is 3.67. The van der Waals surface area contributed by atoms with E-state index in [1.54, 1.807) is 6.26 Å². The average molecular weight is 257 g/mol. The molecule has 1 fully saturated rings. The molecule has 2 unspecified atom stereocenters. The zero-order valence-electron chi connectivity index (χ0n) is 10.8. The Labute approximate surface area is 113 Å². The van der Waals surface area contributed by atoms with Crippen molar-refractivity contribution in [2.45, 2.75) is 25.0 Å². The van der Waals surface area contributed by atoms with E-state index in [0.29, 0.717) is 12.5 Å². The number of furan rings is 1. The van der Waals surface area contributed by atoms with Crippen LogP contribution >= 0.6 is 0 Å². The number of hydrogen-bond acceptors (Lipinski definition) is 3. The van der Waals surface area contributed by atoms with Crippen LogP contribution in [0.25, 0.3) is 0 Å². The van der Waals surface area contributed by atoms with Gasteiger partial charge >= 0.3 is 0 Å². The zero-order valence-corrected chi connectivity index (χ0v) is 10.8. The summed E-state index contributed by atoms with van der Waals surface area (Å²) in [5.41, 5.74) is 1.15. The van der Waals surface area contributed by atoms with Crippen molar-refractivity contribution in [2.24, 2.45) is 5.92 Å². The summed E-state index contributed by atoms with van der Waals surface area (Å²) in [6, 6.07) is 14.0. The zero-order chi connectivity index (χ0) is 13.1. The molecule has 1 saturated carbocycles. The lowest BCUT2D eigenvalue weighted by molar-refractivity contribution is 0.145. The van der Waals surface area contributed by atoms with E-state index >= 15 is 0 Å². The highest BCUT2D eigenvalue weighted by molar-refractivity contribution is 5.26. The Balaban J connectivity index is 1.73. The van der Waals surface area contributed by atoms with Crippen molar-refractivity contribution in [1.29, 1.82) is 0 Å². The van der Waals surface area contributed by atoms with Gasteiger partial charge in [0.2, 0.25) is 0 Å². The molecule has 2 N–H and O–H groups in total. The quantitative estimate of drug-likeness (QED) is 0.836. The monoisotopic (exact) mass is 257 g/mol. The largest absolute Gasteiger partial charge is 0.467 e. The first-order valence-electron chi connectivity index (χ1n) is 6.84. The smallest absolute Gasteiger partial charge is 0.125 e. The maximum atomic E-state index is 9.99. The second-order valence-corrected chi connectivity index (χ2v) is 5.17. The van der Waals surface area contributed by atoms with E-state index in [1.165, 1.54) is 0 Å². The standard InChI is InChI=1S/C16H19NO2/c18-14(12-8-9-12)11-17-16(15-7-4-10-19-15)13-5-2-1-3-6-13/h1-7,10,12,14,16-18H,8-9,11H2. The van der Waals surface area contributed by atoms with Crippen LogP contribution in [-0.2, 0) is 0 Å². The fourth-order valence-electron chi connectivity index (χ4n) is 2.37. The van der Waals surface area contributed by atoms with E-state index in [4.69, 9.17) is 4.42 Å². The summed E-state index contributed by atoms with van der Waals surface area (Å²) < 4.78 is 5.51. The van der Waals surface area contributed by atoms with Crippen LogP contribution in [0.15, 0.2) is 53.1 Å².